The standard InChI is InChI=1S/C23H23N3O3/c1-13-6-7-15(8-14(13)2)19-11-17(18(12-24)23(25)26-19)16-9-20(27-3)22(29-5)21(10-16)28-4/h6-11H,1-5H3,(H2,25,26). The van der Waals surface area contributed by atoms with Crippen molar-refractivity contribution in [2.75, 3.05) is 27.1 Å². The Morgan fingerprint density at radius 3 is 2.03 bits per heavy atom. The molecule has 148 valence electrons. The minimum Gasteiger partial charge on any atom is -0.493 e. The van der Waals surface area contributed by atoms with Crippen LogP contribution in [0.25, 0.3) is 22.4 Å². The zero-order valence-corrected chi connectivity index (χ0v) is 17.2. The van der Waals surface area contributed by atoms with E-state index in [2.05, 4.69) is 24.0 Å². The van der Waals surface area contributed by atoms with Crippen LogP contribution in [-0.4, -0.2) is 26.3 Å². The predicted molar refractivity (Wildman–Crippen MR) is 113 cm³/mol. The van der Waals surface area contributed by atoms with Gasteiger partial charge in [0.2, 0.25) is 5.75 Å². The number of rotatable bonds is 5. The van der Waals surface area contributed by atoms with Crippen molar-refractivity contribution in [2.45, 2.75) is 13.8 Å². The molecular formula is C23H23N3O3. The van der Waals surface area contributed by atoms with E-state index < -0.39 is 0 Å². The van der Waals surface area contributed by atoms with Gasteiger partial charge in [-0.2, -0.15) is 5.26 Å². The number of aromatic nitrogens is 1. The van der Waals surface area contributed by atoms with E-state index in [0.717, 1.165) is 16.7 Å². The average molecular weight is 389 g/mol. The number of ether oxygens (including phenoxy) is 3. The van der Waals surface area contributed by atoms with Crippen LogP contribution in [0.15, 0.2) is 36.4 Å². The van der Waals surface area contributed by atoms with Crippen LogP contribution < -0.4 is 19.9 Å². The fourth-order valence-electron chi connectivity index (χ4n) is 3.20. The van der Waals surface area contributed by atoms with E-state index >= 15 is 0 Å². The Labute approximate surface area is 170 Å². The van der Waals surface area contributed by atoms with Gasteiger partial charge in [0.05, 0.1) is 27.0 Å². The van der Waals surface area contributed by atoms with E-state index in [1.165, 1.54) is 5.56 Å². The van der Waals surface area contributed by atoms with Gasteiger partial charge >= 0.3 is 0 Å². The summed E-state index contributed by atoms with van der Waals surface area (Å²) < 4.78 is 16.3. The maximum absolute atomic E-state index is 9.70. The van der Waals surface area contributed by atoms with Crippen molar-refractivity contribution in [3.05, 3.63) is 53.1 Å². The molecule has 2 N–H and O–H groups in total. The van der Waals surface area contributed by atoms with Crippen molar-refractivity contribution in [3.8, 4) is 45.7 Å². The van der Waals surface area contributed by atoms with Gasteiger partial charge in [0.1, 0.15) is 17.5 Å². The predicted octanol–water partition coefficient (Wildman–Crippen LogP) is 4.51. The van der Waals surface area contributed by atoms with Crippen molar-refractivity contribution in [2.24, 2.45) is 0 Å². The number of anilines is 1. The van der Waals surface area contributed by atoms with Gasteiger partial charge < -0.3 is 19.9 Å². The molecule has 0 bridgehead atoms. The fourth-order valence-corrected chi connectivity index (χ4v) is 3.20. The number of nitriles is 1. The summed E-state index contributed by atoms with van der Waals surface area (Å²) in [6, 6.07) is 13.7. The number of benzene rings is 2. The Bertz CT molecular complexity index is 1090. The molecule has 0 saturated carbocycles. The number of hydrogen-bond acceptors (Lipinski definition) is 6. The second-order valence-electron chi connectivity index (χ2n) is 6.64. The second-order valence-corrected chi connectivity index (χ2v) is 6.64. The third-order valence-corrected chi connectivity index (χ3v) is 4.94. The molecule has 0 aliphatic carbocycles. The van der Waals surface area contributed by atoms with Crippen molar-refractivity contribution in [1.29, 1.82) is 5.26 Å². The number of methoxy groups -OCH3 is 3. The molecule has 6 heteroatoms. The Kier molecular flexibility index (Phi) is 5.60. The van der Waals surface area contributed by atoms with Crippen LogP contribution in [0.3, 0.4) is 0 Å². The first-order chi connectivity index (χ1) is 13.9. The van der Waals surface area contributed by atoms with E-state index in [4.69, 9.17) is 19.9 Å². The van der Waals surface area contributed by atoms with Crippen molar-refractivity contribution in [3.63, 3.8) is 0 Å². The summed E-state index contributed by atoms with van der Waals surface area (Å²) in [6.45, 7) is 4.10. The van der Waals surface area contributed by atoms with Crippen LogP contribution in [0.4, 0.5) is 5.82 Å². The zero-order valence-electron chi connectivity index (χ0n) is 17.2. The highest BCUT2D eigenvalue weighted by Crippen LogP contribution is 2.43. The van der Waals surface area contributed by atoms with E-state index in [1.54, 1.807) is 33.5 Å². The number of hydrogen-bond donors (Lipinski definition) is 1. The van der Waals surface area contributed by atoms with Crippen LogP contribution in [0, 0.1) is 25.2 Å². The maximum atomic E-state index is 9.70. The summed E-state index contributed by atoms with van der Waals surface area (Å²) in [6.07, 6.45) is 0. The van der Waals surface area contributed by atoms with Gasteiger partial charge in [-0.25, -0.2) is 4.98 Å². The SMILES string of the molecule is COc1cc(-c2cc(-c3ccc(C)c(C)c3)nc(N)c2C#N)cc(OC)c1OC. The van der Waals surface area contributed by atoms with Gasteiger partial charge in [0.25, 0.3) is 0 Å². The molecule has 29 heavy (non-hydrogen) atoms. The molecule has 1 heterocycles. The largest absolute Gasteiger partial charge is 0.493 e. The van der Waals surface area contributed by atoms with Gasteiger partial charge in [-0.15, -0.1) is 0 Å². The molecule has 0 saturated heterocycles. The highest BCUT2D eigenvalue weighted by atomic mass is 16.5. The lowest BCUT2D eigenvalue weighted by Crippen LogP contribution is -2.01. The summed E-state index contributed by atoms with van der Waals surface area (Å²) in [7, 11) is 4.64. The zero-order chi connectivity index (χ0) is 21.1. The summed E-state index contributed by atoms with van der Waals surface area (Å²) in [5, 5.41) is 9.70. The molecule has 6 nitrogen and oxygen atoms in total. The Morgan fingerprint density at radius 2 is 1.52 bits per heavy atom. The van der Waals surface area contributed by atoms with Gasteiger partial charge in [-0.3, -0.25) is 0 Å². The second kappa shape index (κ2) is 8.11. The first-order valence-electron chi connectivity index (χ1n) is 9.02. The van der Waals surface area contributed by atoms with Crippen LogP contribution in [0.1, 0.15) is 16.7 Å². The summed E-state index contributed by atoms with van der Waals surface area (Å²) >= 11 is 0. The molecule has 0 aliphatic rings. The van der Waals surface area contributed by atoms with Crippen molar-refractivity contribution < 1.29 is 14.2 Å². The lowest BCUT2D eigenvalue weighted by molar-refractivity contribution is 0.324. The highest BCUT2D eigenvalue weighted by Gasteiger charge is 2.19. The van der Waals surface area contributed by atoms with Crippen LogP contribution in [0.5, 0.6) is 17.2 Å². The highest BCUT2D eigenvalue weighted by molar-refractivity contribution is 5.82. The minimum atomic E-state index is 0.173. The van der Waals surface area contributed by atoms with Gasteiger partial charge in [-0.1, -0.05) is 12.1 Å². The number of pyridine rings is 1. The van der Waals surface area contributed by atoms with E-state index in [1.807, 2.05) is 25.1 Å². The maximum Gasteiger partial charge on any atom is 0.203 e. The Balaban J connectivity index is 2.27. The first kappa shape index (κ1) is 20.0. The topological polar surface area (TPSA) is 90.4 Å². The normalized spacial score (nSPS) is 10.3. The Morgan fingerprint density at radius 1 is 0.862 bits per heavy atom. The molecule has 0 atom stereocenters. The van der Waals surface area contributed by atoms with Gasteiger partial charge in [0.15, 0.2) is 11.5 Å². The average Bonchev–Trinajstić information content (AvgIpc) is 2.73. The summed E-state index contributed by atoms with van der Waals surface area (Å²) in [4.78, 5) is 4.46. The van der Waals surface area contributed by atoms with Crippen molar-refractivity contribution in [1.82, 2.24) is 4.98 Å². The summed E-state index contributed by atoms with van der Waals surface area (Å²) in [5.74, 6) is 1.64. The minimum absolute atomic E-state index is 0.173. The summed E-state index contributed by atoms with van der Waals surface area (Å²) in [5.41, 5.74) is 11.8. The molecule has 3 aromatic rings. The molecule has 0 radical (unpaired) electrons. The monoisotopic (exact) mass is 389 g/mol. The first-order valence-corrected chi connectivity index (χ1v) is 9.02. The number of nitrogens with two attached hydrogens (primary N) is 1. The fraction of sp³-hybridized carbons (Fsp3) is 0.217. The van der Waals surface area contributed by atoms with Crippen LogP contribution >= 0.6 is 0 Å². The number of aryl methyl sites for hydroxylation is 2. The number of nitrogens with zero attached hydrogens (tertiary/aromatic N) is 2. The molecule has 0 fully saturated rings. The van der Waals surface area contributed by atoms with Crippen molar-refractivity contribution >= 4 is 5.82 Å². The van der Waals surface area contributed by atoms with Gasteiger partial charge in [0, 0.05) is 11.1 Å². The smallest absolute Gasteiger partial charge is 0.203 e. The van der Waals surface area contributed by atoms with E-state index in [0.29, 0.717) is 34.1 Å². The van der Waals surface area contributed by atoms with E-state index in [9.17, 15) is 5.26 Å². The Hall–Kier alpha value is -3.72. The van der Waals surface area contributed by atoms with Crippen LogP contribution in [-0.2, 0) is 0 Å². The molecule has 0 spiro atoms. The molecule has 0 unspecified atom stereocenters. The van der Waals surface area contributed by atoms with Gasteiger partial charge in [-0.05, 0) is 54.8 Å². The molecule has 0 aliphatic heterocycles. The molecule has 3 rings (SSSR count). The number of nitrogen functional groups attached to an aromatic ring is 1. The molecule has 1 aromatic heterocycles. The lowest BCUT2D eigenvalue weighted by atomic mass is 9.96. The molecule has 0 amide bonds. The lowest BCUT2D eigenvalue weighted by Gasteiger charge is -2.16. The van der Waals surface area contributed by atoms with Crippen LogP contribution in [0.2, 0.25) is 0 Å². The quantitative estimate of drug-likeness (QED) is 0.690. The third-order valence-electron chi connectivity index (χ3n) is 4.94. The molecular weight excluding hydrogens is 366 g/mol. The van der Waals surface area contributed by atoms with E-state index in [-0.39, 0.29) is 5.82 Å². The molecule has 2 aromatic carbocycles. The third kappa shape index (κ3) is 3.67.